The average Bonchev–Trinajstić information content (AvgIpc) is 3.00. The minimum Gasteiger partial charge on any atom is -0.354 e. The van der Waals surface area contributed by atoms with Crippen LogP contribution in [-0.2, 0) is 0 Å². The number of hydrogen-bond donors (Lipinski definition) is 1. The topological polar surface area (TPSA) is 12.0 Å². The highest BCUT2D eigenvalue weighted by molar-refractivity contribution is 7.99. The van der Waals surface area contributed by atoms with E-state index < -0.39 is 0 Å². The summed E-state index contributed by atoms with van der Waals surface area (Å²) >= 11 is 1.84. The fourth-order valence-electron chi connectivity index (χ4n) is 5.01. The van der Waals surface area contributed by atoms with Gasteiger partial charge in [0.25, 0.3) is 0 Å². The molecule has 180 valence electrons. The summed E-state index contributed by atoms with van der Waals surface area (Å²) in [6.07, 6.45) is 0. The van der Waals surface area contributed by atoms with Crippen molar-refractivity contribution in [2.24, 2.45) is 0 Å². The molecule has 0 unspecified atom stereocenters. The summed E-state index contributed by atoms with van der Waals surface area (Å²) < 4.78 is 0. The van der Waals surface area contributed by atoms with E-state index in [4.69, 9.17) is 0 Å². The summed E-state index contributed by atoms with van der Waals surface area (Å²) in [4.78, 5) is 2.50. The summed E-state index contributed by atoms with van der Waals surface area (Å²) in [5.41, 5.74) is 12.2. The van der Waals surface area contributed by atoms with Crippen molar-refractivity contribution in [2.75, 3.05) is 5.32 Å². The van der Waals surface area contributed by atoms with E-state index in [1.807, 2.05) is 11.8 Å². The molecule has 38 heavy (non-hydrogen) atoms. The van der Waals surface area contributed by atoms with Gasteiger partial charge in [-0.05, 0) is 68.8 Å². The molecule has 0 atom stereocenters. The fraction of sp³-hybridized carbons (Fsp3) is 0. The van der Waals surface area contributed by atoms with Crippen LogP contribution in [-0.4, -0.2) is 0 Å². The van der Waals surface area contributed by atoms with Crippen LogP contribution in [0.3, 0.4) is 0 Å². The number of rotatable bonds is 4. The second-order valence-corrected chi connectivity index (χ2v) is 10.6. The standard InChI is InChI=1S/C36H25NS/c1-3-7-25(8-4-1)27-11-15-29(16-12-27)31-19-21-33-35(23-31)38-36-24-32(20-22-34(36)37-33)30-17-13-28(14-18-30)26-9-5-2-6-10-26/h1-24,37H. The second-order valence-electron chi connectivity index (χ2n) is 9.54. The Bertz CT molecular complexity index is 1590. The van der Waals surface area contributed by atoms with E-state index in [0.29, 0.717) is 0 Å². The lowest BCUT2D eigenvalue weighted by molar-refractivity contribution is 1.31. The zero-order valence-electron chi connectivity index (χ0n) is 20.8. The predicted octanol–water partition coefficient (Wildman–Crippen LogP) is 10.6. The fourth-order valence-corrected chi connectivity index (χ4v) is 6.08. The maximum Gasteiger partial charge on any atom is 0.0526 e. The lowest BCUT2D eigenvalue weighted by Gasteiger charge is -2.22. The van der Waals surface area contributed by atoms with Gasteiger partial charge < -0.3 is 5.32 Å². The van der Waals surface area contributed by atoms with Gasteiger partial charge in [0.15, 0.2) is 0 Å². The van der Waals surface area contributed by atoms with Gasteiger partial charge in [-0.1, -0.05) is 133 Å². The second kappa shape index (κ2) is 9.74. The van der Waals surface area contributed by atoms with Crippen molar-refractivity contribution in [3.8, 4) is 44.5 Å². The average molecular weight is 504 g/mol. The van der Waals surface area contributed by atoms with Crippen molar-refractivity contribution in [3.63, 3.8) is 0 Å². The highest BCUT2D eigenvalue weighted by atomic mass is 32.2. The van der Waals surface area contributed by atoms with E-state index in [0.717, 1.165) is 11.4 Å². The third-order valence-electron chi connectivity index (χ3n) is 7.10. The van der Waals surface area contributed by atoms with E-state index in [-0.39, 0.29) is 0 Å². The number of benzene rings is 6. The highest BCUT2D eigenvalue weighted by Gasteiger charge is 2.17. The van der Waals surface area contributed by atoms with E-state index in [9.17, 15) is 0 Å². The van der Waals surface area contributed by atoms with Crippen LogP contribution in [0, 0.1) is 0 Å². The van der Waals surface area contributed by atoms with Crippen LogP contribution in [0.4, 0.5) is 11.4 Å². The van der Waals surface area contributed by atoms with Crippen LogP contribution in [0.2, 0.25) is 0 Å². The first-order valence-corrected chi connectivity index (χ1v) is 13.7. The summed E-state index contributed by atoms with van der Waals surface area (Å²) in [6, 6.07) is 52.2. The molecule has 0 amide bonds. The molecule has 0 saturated carbocycles. The highest BCUT2D eigenvalue weighted by Crippen LogP contribution is 2.46. The molecule has 0 bridgehead atoms. The Kier molecular flexibility index (Phi) is 5.80. The molecule has 1 nitrogen and oxygen atoms in total. The lowest BCUT2D eigenvalue weighted by atomic mass is 10.00. The quantitative estimate of drug-likeness (QED) is 0.256. The van der Waals surface area contributed by atoms with Gasteiger partial charge in [-0.3, -0.25) is 0 Å². The summed E-state index contributed by atoms with van der Waals surface area (Å²) in [5.74, 6) is 0. The Hall–Kier alpha value is -4.53. The van der Waals surface area contributed by atoms with E-state index >= 15 is 0 Å². The van der Waals surface area contributed by atoms with Crippen LogP contribution < -0.4 is 5.32 Å². The number of hydrogen-bond acceptors (Lipinski definition) is 2. The summed E-state index contributed by atoms with van der Waals surface area (Å²) in [5, 5.41) is 3.64. The molecular weight excluding hydrogens is 478 g/mol. The Morgan fingerprint density at radius 2 is 0.632 bits per heavy atom. The molecule has 2 heteroatoms. The minimum atomic E-state index is 1.16. The van der Waals surface area contributed by atoms with Crippen LogP contribution in [0.5, 0.6) is 0 Å². The molecule has 0 aromatic heterocycles. The van der Waals surface area contributed by atoms with Gasteiger partial charge in [0, 0.05) is 9.79 Å². The van der Waals surface area contributed by atoms with Gasteiger partial charge in [0.1, 0.15) is 0 Å². The zero-order chi connectivity index (χ0) is 25.3. The van der Waals surface area contributed by atoms with Crippen molar-refractivity contribution in [3.05, 3.63) is 146 Å². The Morgan fingerprint density at radius 3 is 1.03 bits per heavy atom. The number of anilines is 2. The largest absolute Gasteiger partial charge is 0.354 e. The van der Waals surface area contributed by atoms with Gasteiger partial charge in [0.2, 0.25) is 0 Å². The Morgan fingerprint density at radius 1 is 0.316 bits per heavy atom. The van der Waals surface area contributed by atoms with E-state index in [2.05, 4.69) is 151 Å². The van der Waals surface area contributed by atoms with Gasteiger partial charge in [-0.2, -0.15) is 0 Å². The smallest absolute Gasteiger partial charge is 0.0526 e. The number of nitrogens with one attached hydrogen (secondary N) is 1. The van der Waals surface area contributed by atoms with Crippen LogP contribution in [0.25, 0.3) is 44.5 Å². The lowest BCUT2D eigenvalue weighted by Crippen LogP contribution is -2.00. The maximum absolute atomic E-state index is 3.64. The Labute approximate surface area is 227 Å². The van der Waals surface area contributed by atoms with Crippen LogP contribution >= 0.6 is 11.8 Å². The molecule has 1 heterocycles. The van der Waals surface area contributed by atoms with Crippen molar-refractivity contribution in [1.29, 1.82) is 0 Å². The van der Waals surface area contributed by atoms with Crippen molar-refractivity contribution >= 4 is 23.1 Å². The molecule has 1 aliphatic rings. The van der Waals surface area contributed by atoms with E-state index in [1.165, 1.54) is 54.3 Å². The SMILES string of the molecule is c1ccc(-c2ccc(-c3ccc4c(c3)Sc3cc(-c5ccc(-c6ccccc6)cc5)ccc3N4)cc2)cc1. The van der Waals surface area contributed by atoms with Crippen LogP contribution in [0.1, 0.15) is 0 Å². The van der Waals surface area contributed by atoms with Crippen molar-refractivity contribution in [1.82, 2.24) is 0 Å². The number of fused-ring (bicyclic) bond motifs is 2. The molecule has 0 saturated heterocycles. The van der Waals surface area contributed by atoms with Crippen molar-refractivity contribution < 1.29 is 0 Å². The molecule has 1 N–H and O–H groups in total. The summed E-state index contributed by atoms with van der Waals surface area (Å²) in [6.45, 7) is 0. The molecule has 0 aliphatic carbocycles. The minimum absolute atomic E-state index is 1.16. The first kappa shape index (κ1) is 22.7. The monoisotopic (exact) mass is 503 g/mol. The van der Waals surface area contributed by atoms with E-state index in [1.54, 1.807) is 0 Å². The molecule has 7 rings (SSSR count). The molecule has 1 aliphatic heterocycles. The summed E-state index contributed by atoms with van der Waals surface area (Å²) in [7, 11) is 0. The first-order chi connectivity index (χ1) is 18.8. The van der Waals surface area contributed by atoms with Crippen LogP contribution in [0.15, 0.2) is 155 Å². The Balaban J connectivity index is 1.14. The third-order valence-corrected chi connectivity index (χ3v) is 8.22. The molecule has 6 aromatic carbocycles. The molecule has 0 fully saturated rings. The predicted molar refractivity (Wildman–Crippen MR) is 162 cm³/mol. The normalized spacial score (nSPS) is 11.8. The molecule has 6 aromatic rings. The molecule has 0 radical (unpaired) electrons. The van der Waals surface area contributed by atoms with Gasteiger partial charge in [-0.15, -0.1) is 0 Å². The first-order valence-electron chi connectivity index (χ1n) is 12.8. The van der Waals surface area contributed by atoms with Gasteiger partial charge >= 0.3 is 0 Å². The third kappa shape index (κ3) is 4.40. The van der Waals surface area contributed by atoms with Gasteiger partial charge in [-0.25, -0.2) is 0 Å². The molecular formula is C36H25NS. The zero-order valence-corrected chi connectivity index (χ0v) is 21.6. The molecule has 0 spiro atoms. The van der Waals surface area contributed by atoms with Gasteiger partial charge in [0.05, 0.1) is 11.4 Å². The maximum atomic E-state index is 3.64. The van der Waals surface area contributed by atoms with Crippen molar-refractivity contribution in [2.45, 2.75) is 9.79 Å².